The molecule has 0 aromatic heterocycles. The zero-order chi connectivity index (χ0) is 29.1. The quantitative estimate of drug-likeness (QED) is 0.321. The Balaban J connectivity index is 1.45. The van der Waals surface area contributed by atoms with Gasteiger partial charge < -0.3 is 15.5 Å². The van der Waals surface area contributed by atoms with E-state index in [2.05, 4.69) is 49.6 Å². The second-order valence-corrected chi connectivity index (χ2v) is 12.7. The van der Waals surface area contributed by atoms with Crippen LogP contribution < -0.4 is 10.6 Å². The summed E-state index contributed by atoms with van der Waals surface area (Å²) in [5.41, 5.74) is 4.56. The van der Waals surface area contributed by atoms with Crippen molar-refractivity contribution < 1.29 is 14.0 Å². The Morgan fingerprint density at radius 3 is 2.34 bits per heavy atom. The molecular formula is C35H42FN3O2. The van der Waals surface area contributed by atoms with Gasteiger partial charge >= 0.3 is 0 Å². The minimum atomic E-state index is -0.531. The van der Waals surface area contributed by atoms with Gasteiger partial charge in [0, 0.05) is 24.8 Å². The monoisotopic (exact) mass is 555 g/mol. The van der Waals surface area contributed by atoms with E-state index in [9.17, 15) is 14.0 Å². The number of nitrogens with zero attached hydrogens (tertiary/aromatic N) is 1. The SMILES string of the molecule is Cc1cccc(F)c1C(=O)N1CCC[C@H](C(=O)Nc2cccc(C(C)(C)C)c2)C1c1ccc(CNC2CCC2)cc1. The van der Waals surface area contributed by atoms with E-state index in [4.69, 9.17) is 0 Å². The fourth-order valence-corrected chi connectivity index (χ4v) is 5.96. The Morgan fingerprint density at radius 2 is 1.68 bits per heavy atom. The number of hydrogen-bond acceptors (Lipinski definition) is 3. The number of likely N-dealkylation sites (tertiary alicyclic amines) is 1. The summed E-state index contributed by atoms with van der Waals surface area (Å²) in [7, 11) is 0. The van der Waals surface area contributed by atoms with Gasteiger partial charge in [0.15, 0.2) is 0 Å². The van der Waals surface area contributed by atoms with Gasteiger partial charge in [-0.3, -0.25) is 9.59 Å². The van der Waals surface area contributed by atoms with Gasteiger partial charge in [0.2, 0.25) is 5.91 Å². The zero-order valence-electron chi connectivity index (χ0n) is 24.7. The number of piperidine rings is 1. The average molecular weight is 556 g/mol. The fraction of sp³-hybridized carbons (Fsp3) is 0.429. The number of anilines is 1. The molecule has 41 heavy (non-hydrogen) atoms. The van der Waals surface area contributed by atoms with Gasteiger partial charge in [-0.25, -0.2) is 4.39 Å². The van der Waals surface area contributed by atoms with Crippen LogP contribution in [0.25, 0.3) is 0 Å². The fourth-order valence-electron chi connectivity index (χ4n) is 5.96. The van der Waals surface area contributed by atoms with Crippen LogP contribution in [0.15, 0.2) is 66.7 Å². The standard InChI is InChI=1S/C35H42FN3O2/c1-23-9-5-15-30(36)31(23)34(41)39-20-8-14-29(33(40)38-28-13-6-10-26(21-28)35(2,3)4)32(39)25-18-16-24(17-19-25)22-37-27-11-7-12-27/h5-6,9-10,13,15-19,21,27,29,32,37H,7-8,11-12,14,20,22H2,1-4H3,(H,38,40)/t29-,32?/m0/s1. The molecule has 1 unspecified atom stereocenters. The summed E-state index contributed by atoms with van der Waals surface area (Å²) in [5, 5.41) is 6.74. The first-order valence-electron chi connectivity index (χ1n) is 14.9. The first-order chi connectivity index (χ1) is 19.6. The van der Waals surface area contributed by atoms with E-state index >= 15 is 0 Å². The first kappa shape index (κ1) is 29.0. The van der Waals surface area contributed by atoms with Gasteiger partial charge in [0.25, 0.3) is 5.91 Å². The molecule has 2 aliphatic rings. The molecule has 1 aliphatic carbocycles. The number of nitrogens with one attached hydrogen (secondary N) is 2. The summed E-state index contributed by atoms with van der Waals surface area (Å²) in [6.45, 7) is 9.44. The van der Waals surface area contributed by atoms with Crippen molar-refractivity contribution in [2.24, 2.45) is 5.92 Å². The van der Waals surface area contributed by atoms with Gasteiger partial charge in [0.1, 0.15) is 5.82 Å². The number of carbonyl (C=O) groups excluding carboxylic acids is 2. The number of amides is 2. The molecule has 2 fully saturated rings. The molecule has 1 aliphatic heterocycles. The molecule has 3 aromatic rings. The van der Waals surface area contributed by atoms with E-state index in [-0.39, 0.29) is 22.8 Å². The van der Waals surface area contributed by atoms with Crippen molar-refractivity contribution >= 4 is 17.5 Å². The van der Waals surface area contributed by atoms with E-state index in [1.807, 2.05) is 30.3 Å². The van der Waals surface area contributed by atoms with Gasteiger partial charge in [-0.15, -0.1) is 0 Å². The Labute approximate surface area is 243 Å². The summed E-state index contributed by atoms with van der Waals surface area (Å²) in [6, 6.07) is 21.0. The summed E-state index contributed by atoms with van der Waals surface area (Å²) in [4.78, 5) is 29.6. The van der Waals surface area contributed by atoms with Crippen LogP contribution in [0.1, 0.15) is 91.5 Å². The third kappa shape index (κ3) is 6.54. The second kappa shape index (κ2) is 12.2. The predicted molar refractivity (Wildman–Crippen MR) is 162 cm³/mol. The van der Waals surface area contributed by atoms with Gasteiger partial charge in [0.05, 0.1) is 17.5 Å². The highest BCUT2D eigenvalue weighted by molar-refractivity contribution is 5.98. The predicted octanol–water partition coefficient (Wildman–Crippen LogP) is 7.31. The maximum Gasteiger partial charge on any atom is 0.257 e. The topological polar surface area (TPSA) is 61.4 Å². The van der Waals surface area contributed by atoms with E-state index in [0.29, 0.717) is 31.0 Å². The molecule has 5 nitrogen and oxygen atoms in total. The number of aryl methyl sites for hydroxylation is 1. The molecule has 1 saturated carbocycles. The van der Waals surface area contributed by atoms with Crippen LogP contribution in [0, 0.1) is 18.7 Å². The highest BCUT2D eigenvalue weighted by Crippen LogP contribution is 2.39. The summed E-state index contributed by atoms with van der Waals surface area (Å²) < 4.78 is 15.0. The number of benzene rings is 3. The van der Waals surface area contributed by atoms with Crippen molar-refractivity contribution in [3.05, 3.63) is 100 Å². The molecule has 0 radical (unpaired) electrons. The summed E-state index contributed by atoms with van der Waals surface area (Å²) in [6.07, 6.45) is 5.04. The molecule has 216 valence electrons. The Morgan fingerprint density at radius 1 is 0.951 bits per heavy atom. The molecule has 0 spiro atoms. The summed E-state index contributed by atoms with van der Waals surface area (Å²) >= 11 is 0. The minimum absolute atomic E-state index is 0.0514. The van der Waals surface area contributed by atoms with Crippen LogP contribution in [0.4, 0.5) is 10.1 Å². The van der Waals surface area contributed by atoms with Crippen molar-refractivity contribution in [2.75, 3.05) is 11.9 Å². The van der Waals surface area contributed by atoms with E-state index in [1.54, 1.807) is 24.0 Å². The molecule has 2 amide bonds. The van der Waals surface area contributed by atoms with Crippen LogP contribution >= 0.6 is 0 Å². The molecule has 5 rings (SSSR count). The maximum absolute atomic E-state index is 15.0. The lowest BCUT2D eigenvalue weighted by Crippen LogP contribution is -2.46. The van der Waals surface area contributed by atoms with Crippen molar-refractivity contribution in [3.63, 3.8) is 0 Å². The Kier molecular flexibility index (Phi) is 8.60. The molecule has 2 N–H and O–H groups in total. The van der Waals surface area contributed by atoms with E-state index < -0.39 is 17.8 Å². The molecule has 6 heteroatoms. The molecule has 2 atom stereocenters. The molecule has 1 saturated heterocycles. The van der Waals surface area contributed by atoms with Crippen molar-refractivity contribution in [2.45, 2.75) is 83.8 Å². The Bertz CT molecular complexity index is 1370. The lowest BCUT2D eigenvalue weighted by atomic mass is 9.82. The van der Waals surface area contributed by atoms with Crippen LogP contribution in [0.3, 0.4) is 0 Å². The first-order valence-corrected chi connectivity index (χ1v) is 14.9. The molecule has 1 heterocycles. The number of carbonyl (C=O) groups is 2. The van der Waals surface area contributed by atoms with Crippen LogP contribution in [-0.4, -0.2) is 29.3 Å². The highest BCUT2D eigenvalue weighted by Gasteiger charge is 2.40. The average Bonchev–Trinajstić information content (AvgIpc) is 2.91. The van der Waals surface area contributed by atoms with Gasteiger partial charge in [-0.1, -0.05) is 75.7 Å². The molecule has 3 aromatic carbocycles. The van der Waals surface area contributed by atoms with Crippen LogP contribution in [0.2, 0.25) is 0 Å². The number of rotatable bonds is 7. The number of hydrogen-bond donors (Lipinski definition) is 2. The normalized spacial score (nSPS) is 19.5. The lowest BCUT2D eigenvalue weighted by Gasteiger charge is -2.41. The third-order valence-electron chi connectivity index (χ3n) is 8.68. The van der Waals surface area contributed by atoms with Crippen molar-refractivity contribution in [3.8, 4) is 0 Å². The van der Waals surface area contributed by atoms with E-state index in [1.165, 1.54) is 30.9 Å². The van der Waals surface area contributed by atoms with Crippen LogP contribution in [0.5, 0.6) is 0 Å². The highest BCUT2D eigenvalue weighted by atomic mass is 19.1. The van der Waals surface area contributed by atoms with Gasteiger partial charge in [-0.05, 0) is 78.5 Å². The van der Waals surface area contributed by atoms with Crippen molar-refractivity contribution in [1.82, 2.24) is 10.2 Å². The van der Waals surface area contributed by atoms with Crippen LogP contribution in [-0.2, 0) is 16.8 Å². The zero-order valence-corrected chi connectivity index (χ0v) is 24.7. The molecular weight excluding hydrogens is 513 g/mol. The lowest BCUT2D eigenvalue weighted by molar-refractivity contribution is -0.123. The maximum atomic E-state index is 15.0. The Hall–Kier alpha value is -3.51. The molecule has 0 bridgehead atoms. The van der Waals surface area contributed by atoms with Gasteiger partial charge in [-0.2, -0.15) is 0 Å². The number of halogens is 1. The van der Waals surface area contributed by atoms with Crippen molar-refractivity contribution in [1.29, 1.82) is 0 Å². The smallest absolute Gasteiger partial charge is 0.257 e. The third-order valence-corrected chi connectivity index (χ3v) is 8.68. The van der Waals surface area contributed by atoms with E-state index in [0.717, 1.165) is 23.4 Å². The summed E-state index contributed by atoms with van der Waals surface area (Å²) in [5.74, 6) is -1.50. The second-order valence-electron chi connectivity index (χ2n) is 12.7. The minimum Gasteiger partial charge on any atom is -0.331 e. The largest absolute Gasteiger partial charge is 0.331 e.